The number of amides is 2. The number of nitrogens with zero attached hydrogens (tertiary/aromatic N) is 2. The quantitative estimate of drug-likeness (QED) is 0.429. The van der Waals surface area contributed by atoms with Gasteiger partial charge in [0, 0.05) is 18.7 Å². The first kappa shape index (κ1) is 15.1. The Bertz CT molecular complexity index is 657. The van der Waals surface area contributed by atoms with Gasteiger partial charge >= 0.3 is 6.03 Å². The molecule has 0 aliphatic carbocycles. The van der Waals surface area contributed by atoms with Crippen LogP contribution in [0, 0.1) is 10.1 Å². The van der Waals surface area contributed by atoms with Gasteiger partial charge in [0.15, 0.2) is 5.13 Å². The molecule has 1 heterocycles. The minimum atomic E-state index is -0.458. The number of rotatable bonds is 6. The number of hydrogen-bond donors (Lipinski definition) is 3. The Morgan fingerprint density at radius 1 is 1.43 bits per heavy atom. The van der Waals surface area contributed by atoms with Gasteiger partial charge in [0.25, 0.3) is 5.69 Å². The van der Waals surface area contributed by atoms with Gasteiger partial charge in [-0.25, -0.2) is 9.78 Å². The van der Waals surface area contributed by atoms with Gasteiger partial charge in [-0.05, 0) is 26.1 Å². The van der Waals surface area contributed by atoms with Gasteiger partial charge in [0.05, 0.1) is 15.1 Å². The second-order valence-corrected chi connectivity index (χ2v) is 5.30. The van der Waals surface area contributed by atoms with E-state index in [1.165, 1.54) is 23.5 Å². The molecular weight excluding hydrogens is 294 g/mol. The van der Waals surface area contributed by atoms with E-state index in [9.17, 15) is 14.9 Å². The molecule has 1 aromatic carbocycles. The maximum Gasteiger partial charge on any atom is 0.321 e. The number of aromatic nitrogens is 1. The second-order valence-electron chi connectivity index (χ2n) is 4.27. The molecule has 8 nitrogen and oxygen atoms in total. The number of nitro benzene ring substituents is 1. The topological polar surface area (TPSA) is 109 Å². The van der Waals surface area contributed by atoms with Crippen LogP contribution in [-0.4, -0.2) is 36.1 Å². The maximum atomic E-state index is 11.6. The van der Waals surface area contributed by atoms with E-state index in [-0.39, 0.29) is 11.7 Å². The normalized spacial score (nSPS) is 10.5. The summed E-state index contributed by atoms with van der Waals surface area (Å²) in [5, 5.41) is 19.4. The number of carbonyl (C=O) groups excluding carboxylic acids is 1. The summed E-state index contributed by atoms with van der Waals surface area (Å²) >= 11 is 1.20. The molecule has 0 aliphatic heterocycles. The third-order valence-electron chi connectivity index (χ3n) is 2.69. The zero-order valence-corrected chi connectivity index (χ0v) is 12.2. The first-order valence-electron chi connectivity index (χ1n) is 6.34. The highest BCUT2D eigenvalue weighted by Crippen LogP contribution is 2.28. The average Bonchev–Trinajstić information content (AvgIpc) is 2.84. The molecule has 0 atom stereocenters. The summed E-state index contributed by atoms with van der Waals surface area (Å²) < 4.78 is 0.662. The largest absolute Gasteiger partial charge is 0.338 e. The van der Waals surface area contributed by atoms with Crippen molar-refractivity contribution >= 4 is 38.4 Å². The Hall–Kier alpha value is -2.26. The molecule has 0 unspecified atom stereocenters. The number of carbonyl (C=O) groups is 1. The highest BCUT2D eigenvalue weighted by molar-refractivity contribution is 7.22. The second kappa shape index (κ2) is 6.95. The van der Waals surface area contributed by atoms with E-state index in [2.05, 4.69) is 20.9 Å². The van der Waals surface area contributed by atoms with E-state index in [0.29, 0.717) is 21.9 Å². The number of urea groups is 1. The van der Waals surface area contributed by atoms with E-state index in [0.717, 1.165) is 13.0 Å². The lowest BCUT2D eigenvalue weighted by Gasteiger charge is -2.04. The van der Waals surface area contributed by atoms with Gasteiger partial charge < -0.3 is 10.6 Å². The first-order valence-corrected chi connectivity index (χ1v) is 7.16. The fraction of sp³-hybridized carbons (Fsp3) is 0.333. The lowest BCUT2D eigenvalue weighted by atomic mass is 10.3. The molecular formula is C12H15N5O3S. The number of thiazole rings is 1. The van der Waals surface area contributed by atoms with Crippen LogP contribution in [0.1, 0.15) is 6.42 Å². The van der Waals surface area contributed by atoms with Crippen molar-refractivity contribution in [1.29, 1.82) is 0 Å². The van der Waals surface area contributed by atoms with Crippen molar-refractivity contribution in [3.63, 3.8) is 0 Å². The summed E-state index contributed by atoms with van der Waals surface area (Å²) in [5.41, 5.74) is 0.630. The molecule has 0 saturated carbocycles. The molecule has 3 N–H and O–H groups in total. The highest BCUT2D eigenvalue weighted by Gasteiger charge is 2.11. The van der Waals surface area contributed by atoms with E-state index in [1.807, 2.05) is 7.05 Å². The first-order chi connectivity index (χ1) is 10.1. The minimum Gasteiger partial charge on any atom is -0.338 e. The van der Waals surface area contributed by atoms with Crippen LogP contribution in [0.25, 0.3) is 10.2 Å². The van der Waals surface area contributed by atoms with Crippen molar-refractivity contribution in [2.45, 2.75) is 6.42 Å². The van der Waals surface area contributed by atoms with Crippen molar-refractivity contribution in [2.75, 3.05) is 25.5 Å². The molecule has 21 heavy (non-hydrogen) atoms. The fourth-order valence-electron chi connectivity index (χ4n) is 1.69. The number of fused-ring (bicyclic) bond motifs is 1. The molecule has 2 aromatic rings. The third kappa shape index (κ3) is 4.10. The lowest BCUT2D eigenvalue weighted by Crippen LogP contribution is -2.30. The van der Waals surface area contributed by atoms with Gasteiger partial charge in [-0.1, -0.05) is 11.3 Å². The predicted octanol–water partition coefficient (Wildman–Crippen LogP) is 1.94. The van der Waals surface area contributed by atoms with Gasteiger partial charge in [0.2, 0.25) is 0 Å². The molecule has 9 heteroatoms. The Kier molecular flexibility index (Phi) is 5.01. The van der Waals surface area contributed by atoms with E-state index in [1.54, 1.807) is 6.07 Å². The van der Waals surface area contributed by atoms with Crippen LogP contribution in [0.15, 0.2) is 18.2 Å². The molecule has 2 rings (SSSR count). The molecule has 112 valence electrons. The molecule has 0 saturated heterocycles. The SMILES string of the molecule is CNCCCNC(=O)Nc1nc2ccc([N+](=O)[O-])cc2s1. The number of benzene rings is 1. The molecule has 2 amide bonds. The summed E-state index contributed by atoms with van der Waals surface area (Å²) in [4.78, 5) is 26.1. The number of nitro groups is 1. The van der Waals surface area contributed by atoms with Gasteiger partial charge in [-0.15, -0.1) is 0 Å². The molecule has 0 aliphatic rings. The molecule has 0 fully saturated rings. The highest BCUT2D eigenvalue weighted by atomic mass is 32.1. The number of anilines is 1. The fourth-order valence-corrected chi connectivity index (χ4v) is 2.58. The summed E-state index contributed by atoms with van der Waals surface area (Å²) in [5.74, 6) is 0. The Morgan fingerprint density at radius 3 is 2.95 bits per heavy atom. The molecule has 0 spiro atoms. The number of non-ortho nitro benzene ring substituents is 1. The smallest absolute Gasteiger partial charge is 0.321 e. The van der Waals surface area contributed by atoms with Crippen LogP contribution < -0.4 is 16.0 Å². The van der Waals surface area contributed by atoms with E-state index in [4.69, 9.17) is 0 Å². The lowest BCUT2D eigenvalue weighted by molar-refractivity contribution is -0.384. The van der Waals surface area contributed by atoms with Crippen molar-refractivity contribution in [1.82, 2.24) is 15.6 Å². The Morgan fingerprint density at radius 2 is 2.24 bits per heavy atom. The van der Waals surface area contributed by atoms with Crippen LogP contribution in [0.4, 0.5) is 15.6 Å². The van der Waals surface area contributed by atoms with Crippen molar-refractivity contribution in [3.05, 3.63) is 28.3 Å². The average molecular weight is 309 g/mol. The van der Waals surface area contributed by atoms with Crippen molar-refractivity contribution < 1.29 is 9.72 Å². The Labute approximate surface area is 124 Å². The monoisotopic (exact) mass is 309 g/mol. The van der Waals surface area contributed by atoms with Crippen molar-refractivity contribution in [2.24, 2.45) is 0 Å². The maximum absolute atomic E-state index is 11.6. The number of nitrogens with one attached hydrogen (secondary N) is 3. The molecule has 1 aromatic heterocycles. The number of hydrogen-bond acceptors (Lipinski definition) is 6. The van der Waals surface area contributed by atoms with Crippen LogP contribution in [-0.2, 0) is 0 Å². The minimum absolute atomic E-state index is 0.00853. The van der Waals surface area contributed by atoms with E-state index >= 15 is 0 Å². The van der Waals surface area contributed by atoms with Gasteiger partial charge in [-0.3, -0.25) is 15.4 Å². The zero-order chi connectivity index (χ0) is 15.2. The molecule has 0 bridgehead atoms. The summed E-state index contributed by atoms with van der Waals surface area (Å²) in [6.45, 7) is 1.38. The summed E-state index contributed by atoms with van der Waals surface area (Å²) in [6.07, 6.45) is 0.829. The summed E-state index contributed by atoms with van der Waals surface area (Å²) in [6, 6.07) is 4.08. The summed E-state index contributed by atoms with van der Waals surface area (Å²) in [7, 11) is 1.85. The Balaban J connectivity index is 1.99. The van der Waals surface area contributed by atoms with Crippen LogP contribution in [0.2, 0.25) is 0 Å². The van der Waals surface area contributed by atoms with Crippen LogP contribution in [0.5, 0.6) is 0 Å². The van der Waals surface area contributed by atoms with Crippen LogP contribution in [0.3, 0.4) is 0 Å². The standard InChI is InChI=1S/C12H15N5O3S/c1-13-5-2-6-14-11(18)16-12-15-9-4-3-8(17(19)20)7-10(9)21-12/h3-4,7,13H,2,5-6H2,1H3,(H2,14,15,16,18). The third-order valence-corrected chi connectivity index (χ3v) is 3.63. The molecule has 0 radical (unpaired) electrons. The predicted molar refractivity (Wildman–Crippen MR) is 81.8 cm³/mol. The van der Waals surface area contributed by atoms with Gasteiger partial charge in [-0.2, -0.15) is 0 Å². The van der Waals surface area contributed by atoms with Crippen molar-refractivity contribution in [3.8, 4) is 0 Å². The van der Waals surface area contributed by atoms with Gasteiger partial charge in [0.1, 0.15) is 0 Å². The van der Waals surface area contributed by atoms with Crippen LogP contribution >= 0.6 is 11.3 Å². The van der Waals surface area contributed by atoms with E-state index < -0.39 is 4.92 Å². The zero-order valence-electron chi connectivity index (χ0n) is 11.4.